The highest BCUT2D eigenvalue weighted by atomic mass is 35.5. The molecule has 2 heterocycles. The Kier molecular flexibility index (Phi) is 5.82. The first-order valence-electron chi connectivity index (χ1n) is 7.41. The fourth-order valence-electron chi connectivity index (χ4n) is 2.47. The van der Waals surface area contributed by atoms with E-state index in [0.29, 0.717) is 11.8 Å². The molecule has 0 N–H and O–H groups in total. The first-order valence-corrected chi connectivity index (χ1v) is 7.95. The number of alkyl halides is 1. The molecule has 2 aromatic heterocycles. The highest BCUT2D eigenvalue weighted by molar-refractivity contribution is 6.16. The van der Waals surface area contributed by atoms with Gasteiger partial charge in [-0.1, -0.05) is 13.8 Å². The molecule has 0 aliphatic heterocycles. The quantitative estimate of drug-likeness (QED) is 0.703. The molecule has 6 heteroatoms. The topological polar surface area (TPSA) is 43.2 Å². The van der Waals surface area contributed by atoms with Gasteiger partial charge in [-0.3, -0.25) is 0 Å². The van der Waals surface area contributed by atoms with Crippen LogP contribution >= 0.6 is 11.6 Å². The minimum atomic E-state index is 0.393. The molecule has 21 heavy (non-hydrogen) atoms. The van der Waals surface area contributed by atoms with Gasteiger partial charge in [0.1, 0.15) is 11.3 Å². The second kappa shape index (κ2) is 7.61. The molecule has 0 bridgehead atoms. The van der Waals surface area contributed by atoms with Crippen molar-refractivity contribution in [2.24, 2.45) is 0 Å². The molecule has 0 spiro atoms. The van der Waals surface area contributed by atoms with Gasteiger partial charge in [-0.2, -0.15) is 4.98 Å². The number of aromatic nitrogens is 3. The van der Waals surface area contributed by atoms with Gasteiger partial charge in [-0.15, -0.1) is 11.6 Å². The second-order valence-electron chi connectivity index (χ2n) is 4.89. The summed E-state index contributed by atoms with van der Waals surface area (Å²) in [6.45, 7) is 8.47. The number of pyridine rings is 1. The Hall–Kier alpha value is -1.33. The molecular weight excluding hydrogens is 288 g/mol. The van der Waals surface area contributed by atoms with Crippen LogP contribution in [0.15, 0.2) is 12.1 Å². The van der Waals surface area contributed by atoms with Crippen molar-refractivity contribution >= 4 is 22.8 Å². The third-order valence-electron chi connectivity index (χ3n) is 3.72. The Morgan fingerprint density at radius 3 is 2.62 bits per heavy atom. The van der Waals surface area contributed by atoms with E-state index in [4.69, 9.17) is 16.3 Å². The lowest BCUT2D eigenvalue weighted by Gasteiger charge is -2.18. The van der Waals surface area contributed by atoms with Crippen molar-refractivity contribution in [2.45, 2.75) is 32.7 Å². The zero-order chi connectivity index (χ0) is 15.2. The molecule has 0 fully saturated rings. The number of fused-ring (bicyclic) bond motifs is 1. The Labute approximate surface area is 130 Å². The number of imidazole rings is 1. The van der Waals surface area contributed by atoms with Crippen LogP contribution < -0.4 is 4.74 Å². The van der Waals surface area contributed by atoms with Crippen LogP contribution in [0.25, 0.3) is 11.2 Å². The molecule has 0 radical (unpaired) electrons. The smallest absolute Gasteiger partial charge is 0.215 e. The zero-order valence-electron chi connectivity index (χ0n) is 13.0. The fourth-order valence-corrected chi connectivity index (χ4v) is 2.68. The summed E-state index contributed by atoms with van der Waals surface area (Å²) in [4.78, 5) is 11.5. The monoisotopic (exact) mass is 310 g/mol. The van der Waals surface area contributed by atoms with Crippen LogP contribution in [0.2, 0.25) is 0 Å². The Morgan fingerprint density at radius 1 is 1.24 bits per heavy atom. The lowest BCUT2D eigenvalue weighted by Crippen LogP contribution is -2.25. The maximum atomic E-state index is 6.02. The largest absolute Gasteiger partial charge is 0.481 e. The Morgan fingerprint density at radius 2 is 2.00 bits per heavy atom. The molecule has 0 aromatic carbocycles. The van der Waals surface area contributed by atoms with E-state index < -0.39 is 0 Å². The van der Waals surface area contributed by atoms with E-state index in [1.54, 1.807) is 7.11 Å². The van der Waals surface area contributed by atoms with E-state index in [1.165, 1.54) is 0 Å². The molecule has 0 unspecified atom stereocenters. The average Bonchev–Trinajstić information content (AvgIpc) is 2.88. The summed E-state index contributed by atoms with van der Waals surface area (Å²) in [5.74, 6) is 1.87. The van der Waals surface area contributed by atoms with Crippen LogP contribution in [0.3, 0.4) is 0 Å². The molecule has 5 nitrogen and oxygen atoms in total. The highest BCUT2D eigenvalue weighted by Gasteiger charge is 2.12. The maximum absolute atomic E-state index is 6.02. The standard InChI is InChI=1S/C15H23ClN4O/c1-4-19(5-2)9-6-10-20-13(11-16)17-12-7-8-14(21-3)18-15(12)20/h7-8H,4-6,9-11H2,1-3H3. The first-order chi connectivity index (χ1) is 10.2. The first kappa shape index (κ1) is 16.0. The summed E-state index contributed by atoms with van der Waals surface area (Å²) in [6.07, 6.45) is 1.05. The number of aryl methyl sites for hydroxylation is 1. The van der Waals surface area contributed by atoms with Crippen LogP contribution in [-0.4, -0.2) is 46.2 Å². The third-order valence-corrected chi connectivity index (χ3v) is 3.96. The van der Waals surface area contributed by atoms with E-state index in [9.17, 15) is 0 Å². The van der Waals surface area contributed by atoms with E-state index in [-0.39, 0.29) is 0 Å². The van der Waals surface area contributed by atoms with Gasteiger partial charge >= 0.3 is 0 Å². The number of nitrogens with zero attached hydrogens (tertiary/aromatic N) is 4. The van der Waals surface area contributed by atoms with Crippen LogP contribution in [0.4, 0.5) is 0 Å². The van der Waals surface area contributed by atoms with Gasteiger partial charge in [-0.05, 0) is 32.1 Å². The summed E-state index contributed by atoms with van der Waals surface area (Å²) in [7, 11) is 1.62. The van der Waals surface area contributed by atoms with Gasteiger partial charge in [0.15, 0.2) is 5.65 Å². The van der Waals surface area contributed by atoms with Crippen LogP contribution in [0.1, 0.15) is 26.1 Å². The molecule has 0 aliphatic rings. The van der Waals surface area contributed by atoms with Gasteiger partial charge in [0.25, 0.3) is 0 Å². The molecule has 2 aromatic rings. The summed E-state index contributed by atoms with van der Waals surface area (Å²) in [5, 5.41) is 0. The number of hydrogen-bond donors (Lipinski definition) is 0. The second-order valence-corrected chi connectivity index (χ2v) is 5.16. The molecule has 0 saturated heterocycles. The van der Waals surface area contributed by atoms with Crippen LogP contribution in [0.5, 0.6) is 5.88 Å². The fraction of sp³-hybridized carbons (Fsp3) is 0.600. The Balaban J connectivity index is 2.20. The SMILES string of the molecule is CCN(CC)CCCn1c(CCl)nc2ccc(OC)nc21. The number of ether oxygens (including phenoxy) is 1. The number of halogens is 1. The average molecular weight is 311 g/mol. The van der Waals surface area contributed by atoms with Crippen LogP contribution in [0, 0.1) is 0 Å². The predicted molar refractivity (Wildman–Crippen MR) is 86.0 cm³/mol. The lowest BCUT2D eigenvalue weighted by molar-refractivity contribution is 0.293. The highest BCUT2D eigenvalue weighted by Crippen LogP contribution is 2.19. The number of methoxy groups -OCH3 is 1. The predicted octanol–water partition coefficient (Wildman–Crippen LogP) is 2.91. The summed E-state index contributed by atoms with van der Waals surface area (Å²) < 4.78 is 7.31. The third kappa shape index (κ3) is 3.66. The summed E-state index contributed by atoms with van der Waals surface area (Å²) >= 11 is 6.02. The molecule has 0 amide bonds. The minimum absolute atomic E-state index is 0.393. The molecule has 2 rings (SSSR count). The zero-order valence-corrected chi connectivity index (χ0v) is 13.7. The molecule has 0 saturated carbocycles. The van der Waals surface area contributed by atoms with E-state index in [0.717, 1.165) is 49.6 Å². The summed E-state index contributed by atoms with van der Waals surface area (Å²) in [5.41, 5.74) is 1.72. The van der Waals surface area contributed by atoms with Gasteiger partial charge in [-0.25, -0.2) is 4.98 Å². The molecule has 116 valence electrons. The van der Waals surface area contributed by atoms with Crippen LogP contribution in [-0.2, 0) is 12.4 Å². The van der Waals surface area contributed by atoms with E-state index in [2.05, 4.69) is 33.3 Å². The lowest BCUT2D eigenvalue weighted by atomic mass is 10.3. The van der Waals surface area contributed by atoms with Gasteiger partial charge in [0, 0.05) is 12.6 Å². The van der Waals surface area contributed by atoms with Crippen molar-refractivity contribution in [3.05, 3.63) is 18.0 Å². The Bertz CT molecular complexity index is 580. The van der Waals surface area contributed by atoms with E-state index in [1.807, 2.05) is 12.1 Å². The number of hydrogen-bond acceptors (Lipinski definition) is 4. The van der Waals surface area contributed by atoms with Crippen molar-refractivity contribution in [3.63, 3.8) is 0 Å². The van der Waals surface area contributed by atoms with Gasteiger partial charge < -0.3 is 14.2 Å². The van der Waals surface area contributed by atoms with E-state index >= 15 is 0 Å². The molecule has 0 aliphatic carbocycles. The van der Waals surface area contributed by atoms with Gasteiger partial charge in [0.05, 0.1) is 13.0 Å². The molecular formula is C15H23ClN4O. The van der Waals surface area contributed by atoms with Crippen molar-refractivity contribution < 1.29 is 4.74 Å². The molecule has 0 atom stereocenters. The van der Waals surface area contributed by atoms with Gasteiger partial charge in [0.2, 0.25) is 5.88 Å². The maximum Gasteiger partial charge on any atom is 0.215 e. The van der Waals surface area contributed by atoms with Crippen molar-refractivity contribution in [1.82, 2.24) is 19.4 Å². The van der Waals surface area contributed by atoms with Crippen molar-refractivity contribution in [1.29, 1.82) is 0 Å². The summed E-state index contributed by atoms with van der Waals surface area (Å²) in [6, 6.07) is 3.76. The number of rotatable bonds is 8. The minimum Gasteiger partial charge on any atom is -0.481 e. The normalized spacial score (nSPS) is 11.5. The van der Waals surface area contributed by atoms with Crippen molar-refractivity contribution in [2.75, 3.05) is 26.7 Å². The van der Waals surface area contributed by atoms with Crippen molar-refractivity contribution in [3.8, 4) is 5.88 Å².